The average molecular weight is 331 g/mol. The second kappa shape index (κ2) is 8.43. The van der Waals surface area contributed by atoms with Crippen molar-refractivity contribution in [3.8, 4) is 11.8 Å². The lowest BCUT2D eigenvalue weighted by Crippen LogP contribution is -2.43. The molecule has 1 saturated heterocycles. The summed E-state index contributed by atoms with van der Waals surface area (Å²) in [6.07, 6.45) is 7.03. The van der Waals surface area contributed by atoms with Gasteiger partial charge in [0.25, 0.3) is 0 Å². The maximum atomic E-state index is 6.16. The fraction of sp³-hybridized carbons (Fsp3) is 0.667. The first-order valence-corrected chi connectivity index (χ1v) is 8.52. The summed E-state index contributed by atoms with van der Waals surface area (Å²) < 4.78 is 16.4. The van der Waals surface area contributed by atoms with Gasteiger partial charge >= 0.3 is 0 Å². The zero-order chi connectivity index (χ0) is 16.8. The van der Waals surface area contributed by atoms with Gasteiger partial charge in [-0.05, 0) is 37.7 Å². The third-order valence-corrected chi connectivity index (χ3v) is 4.59. The lowest BCUT2D eigenvalue weighted by atomic mass is 9.91. The van der Waals surface area contributed by atoms with Gasteiger partial charge in [-0.15, -0.1) is 0 Å². The van der Waals surface area contributed by atoms with E-state index in [-0.39, 0.29) is 0 Å². The summed E-state index contributed by atoms with van der Waals surface area (Å²) in [5.41, 5.74) is 0. The predicted octanol–water partition coefficient (Wildman–Crippen LogP) is 1.64. The minimum Gasteiger partial charge on any atom is -0.381 e. The molecule has 1 saturated carbocycles. The summed E-state index contributed by atoms with van der Waals surface area (Å²) in [6.45, 7) is 2.29. The lowest BCUT2D eigenvalue weighted by molar-refractivity contribution is -0.119. The molecule has 1 aromatic heterocycles. The molecule has 2 heterocycles. The van der Waals surface area contributed by atoms with E-state index in [4.69, 9.17) is 14.2 Å². The Hall–Kier alpha value is -1.68. The van der Waals surface area contributed by atoms with E-state index in [1.807, 2.05) is 6.07 Å². The number of hydrogen-bond donors (Lipinski definition) is 0. The third-order valence-electron chi connectivity index (χ3n) is 4.59. The summed E-state index contributed by atoms with van der Waals surface area (Å²) in [6, 6.07) is 1.94. The van der Waals surface area contributed by atoms with Crippen LogP contribution in [0.4, 0.5) is 5.82 Å². The standard InChI is InChI=1S/C18H25N3O3/c1-22-11-3-4-17-19-8-5-18(20-17)21-9-6-14(7-10-21)24-16-12-15(13-16)23-2/h5,8,14-16H,6-7,9-13H2,1-2H3. The molecule has 0 N–H and O–H groups in total. The van der Waals surface area contributed by atoms with E-state index in [0.29, 0.717) is 30.7 Å². The van der Waals surface area contributed by atoms with E-state index in [2.05, 4.69) is 26.7 Å². The first kappa shape index (κ1) is 17.2. The monoisotopic (exact) mass is 331 g/mol. The normalized spacial score (nSPS) is 24.2. The highest BCUT2D eigenvalue weighted by Crippen LogP contribution is 2.29. The smallest absolute Gasteiger partial charge is 0.206 e. The zero-order valence-electron chi connectivity index (χ0n) is 14.4. The van der Waals surface area contributed by atoms with Crippen LogP contribution in [-0.2, 0) is 14.2 Å². The van der Waals surface area contributed by atoms with Gasteiger partial charge < -0.3 is 19.1 Å². The molecule has 0 unspecified atom stereocenters. The third kappa shape index (κ3) is 4.44. The highest BCUT2D eigenvalue weighted by molar-refractivity contribution is 5.40. The Morgan fingerprint density at radius 2 is 1.96 bits per heavy atom. The van der Waals surface area contributed by atoms with Gasteiger partial charge in [0.05, 0.1) is 18.3 Å². The second-order valence-corrected chi connectivity index (χ2v) is 6.25. The summed E-state index contributed by atoms with van der Waals surface area (Å²) >= 11 is 0. The van der Waals surface area contributed by atoms with Gasteiger partial charge in [0.1, 0.15) is 12.4 Å². The molecule has 6 heteroatoms. The molecule has 24 heavy (non-hydrogen) atoms. The van der Waals surface area contributed by atoms with E-state index in [0.717, 1.165) is 44.6 Å². The number of methoxy groups -OCH3 is 2. The van der Waals surface area contributed by atoms with Crippen molar-refractivity contribution in [2.45, 2.75) is 44.0 Å². The zero-order valence-corrected chi connectivity index (χ0v) is 14.4. The van der Waals surface area contributed by atoms with Crippen LogP contribution in [0.15, 0.2) is 12.3 Å². The van der Waals surface area contributed by atoms with E-state index >= 15 is 0 Å². The predicted molar refractivity (Wildman–Crippen MR) is 90.9 cm³/mol. The van der Waals surface area contributed by atoms with Gasteiger partial charge in [-0.25, -0.2) is 9.97 Å². The Balaban J connectivity index is 1.48. The molecule has 0 spiro atoms. The summed E-state index contributed by atoms with van der Waals surface area (Å²) in [5.74, 6) is 7.29. The molecule has 0 aromatic carbocycles. The largest absolute Gasteiger partial charge is 0.381 e. The molecular weight excluding hydrogens is 306 g/mol. The topological polar surface area (TPSA) is 56.7 Å². The maximum Gasteiger partial charge on any atom is 0.206 e. The summed E-state index contributed by atoms with van der Waals surface area (Å²) in [7, 11) is 3.40. The van der Waals surface area contributed by atoms with Crippen LogP contribution in [0.5, 0.6) is 0 Å². The van der Waals surface area contributed by atoms with Crippen molar-refractivity contribution in [2.24, 2.45) is 0 Å². The van der Waals surface area contributed by atoms with Crippen LogP contribution in [0.3, 0.4) is 0 Å². The van der Waals surface area contributed by atoms with Crippen LogP contribution in [0.1, 0.15) is 31.5 Å². The number of aromatic nitrogens is 2. The van der Waals surface area contributed by atoms with Crippen LogP contribution in [0.25, 0.3) is 0 Å². The van der Waals surface area contributed by atoms with Crippen molar-refractivity contribution in [1.82, 2.24) is 9.97 Å². The maximum absolute atomic E-state index is 6.16. The molecule has 3 rings (SSSR count). The fourth-order valence-corrected chi connectivity index (χ4v) is 3.09. The molecule has 130 valence electrons. The Morgan fingerprint density at radius 3 is 2.67 bits per heavy atom. The number of hydrogen-bond acceptors (Lipinski definition) is 6. The van der Waals surface area contributed by atoms with Crippen LogP contribution >= 0.6 is 0 Å². The number of nitrogens with zero attached hydrogens (tertiary/aromatic N) is 3. The van der Waals surface area contributed by atoms with Crippen molar-refractivity contribution >= 4 is 5.82 Å². The molecular formula is C18H25N3O3. The van der Waals surface area contributed by atoms with Gasteiger partial charge in [-0.3, -0.25) is 0 Å². The number of ether oxygens (including phenoxy) is 3. The Bertz CT molecular complexity index is 585. The first-order valence-electron chi connectivity index (χ1n) is 8.52. The first-order chi connectivity index (χ1) is 11.8. The average Bonchev–Trinajstić information content (AvgIpc) is 2.59. The molecule has 1 aromatic rings. The summed E-state index contributed by atoms with van der Waals surface area (Å²) in [5, 5.41) is 0. The molecule has 0 bridgehead atoms. The molecule has 0 radical (unpaired) electrons. The second-order valence-electron chi connectivity index (χ2n) is 6.25. The SMILES string of the molecule is COCC#Cc1nccc(N2CCC(OC3CC(OC)C3)CC2)n1. The Labute approximate surface area is 143 Å². The summed E-state index contributed by atoms with van der Waals surface area (Å²) in [4.78, 5) is 11.0. The van der Waals surface area contributed by atoms with Crippen LogP contribution in [0, 0.1) is 11.8 Å². The highest BCUT2D eigenvalue weighted by Gasteiger charge is 2.33. The molecule has 6 nitrogen and oxygen atoms in total. The minimum absolute atomic E-state index is 0.354. The van der Waals surface area contributed by atoms with Gasteiger partial charge in [0.15, 0.2) is 0 Å². The van der Waals surface area contributed by atoms with Crippen molar-refractivity contribution in [3.63, 3.8) is 0 Å². The van der Waals surface area contributed by atoms with Crippen LogP contribution < -0.4 is 4.90 Å². The van der Waals surface area contributed by atoms with Gasteiger partial charge in [0.2, 0.25) is 5.82 Å². The molecule has 2 aliphatic rings. The molecule has 1 aliphatic heterocycles. The Kier molecular flexibility index (Phi) is 6.02. The molecule has 2 fully saturated rings. The van der Waals surface area contributed by atoms with Crippen molar-refractivity contribution in [1.29, 1.82) is 0 Å². The lowest BCUT2D eigenvalue weighted by Gasteiger charge is -2.39. The van der Waals surface area contributed by atoms with Gasteiger partial charge in [0, 0.05) is 33.5 Å². The quantitative estimate of drug-likeness (QED) is 0.765. The van der Waals surface area contributed by atoms with Crippen LogP contribution in [-0.4, -0.2) is 62.2 Å². The number of piperidine rings is 1. The molecule has 0 atom stereocenters. The van der Waals surface area contributed by atoms with E-state index in [1.165, 1.54) is 0 Å². The molecule has 0 amide bonds. The molecule has 1 aliphatic carbocycles. The minimum atomic E-state index is 0.354. The van der Waals surface area contributed by atoms with E-state index in [1.54, 1.807) is 20.4 Å². The Morgan fingerprint density at radius 1 is 1.17 bits per heavy atom. The van der Waals surface area contributed by atoms with Crippen molar-refractivity contribution in [3.05, 3.63) is 18.1 Å². The van der Waals surface area contributed by atoms with Crippen molar-refractivity contribution < 1.29 is 14.2 Å². The fourth-order valence-electron chi connectivity index (χ4n) is 3.09. The van der Waals surface area contributed by atoms with E-state index in [9.17, 15) is 0 Å². The number of rotatable bonds is 5. The number of anilines is 1. The van der Waals surface area contributed by atoms with Gasteiger partial charge in [-0.2, -0.15) is 0 Å². The van der Waals surface area contributed by atoms with E-state index < -0.39 is 0 Å². The van der Waals surface area contributed by atoms with Gasteiger partial charge in [-0.1, -0.05) is 5.92 Å². The van der Waals surface area contributed by atoms with Crippen LogP contribution in [0.2, 0.25) is 0 Å². The van der Waals surface area contributed by atoms with Crippen molar-refractivity contribution in [2.75, 3.05) is 38.8 Å². The highest BCUT2D eigenvalue weighted by atomic mass is 16.5.